The Morgan fingerprint density at radius 2 is 1.39 bits per heavy atom. The standard InChI is InChI=1S/C27H20FNO2/c1-15-16(2)23-24(25(28)17(15)3)27(31)29(26(23)30)20-11-6-10-19(14-20)22-13-7-9-18-8-4-5-12-21(18)22/h4-14H,1-3H3. The second-order valence-electron chi connectivity index (χ2n) is 7.96. The Balaban J connectivity index is 1.66. The minimum atomic E-state index is -0.612. The Labute approximate surface area is 179 Å². The predicted octanol–water partition coefficient (Wildman–Crippen LogP) is 6.37. The number of hydrogen-bond donors (Lipinski definition) is 0. The highest BCUT2D eigenvalue weighted by Crippen LogP contribution is 2.37. The number of carbonyl (C=O) groups excluding carboxylic acids is 2. The maximum Gasteiger partial charge on any atom is 0.269 e. The van der Waals surface area contributed by atoms with Gasteiger partial charge in [0.1, 0.15) is 5.82 Å². The Kier molecular flexibility index (Phi) is 4.26. The molecule has 1 heterocycles. The van der Waals surface area contributed by atoms with Gasteiger partial charge >= 0.3 is 0 Å². The largest absolute Gasteiger partial charge is 0.269 e. The van der Waals surface area contributed by atoms with Crippen molar-refractivity contribution < 1.29 is 14.0 Å². The predicted molar refractivity (Wildman–Crippen MR) is 121 cm³/mol. The van der Waals surface area contributed by atoms with Gasteiger partial charge in [0.25, 0.3) is 11.8 Å². The lowest BCUT2D eigenvalue weighted by Gasteiger charge is -2.16. The number of fused-ring (bicyclic) bond motifs is 2. The molecule has 0 spiro atoms. The van der Waals surface area contributed by atoms with E-state index in [0.29, 0.717) is 22.4 Å². The highest BCUT2D eigenvalue weighted by atomic mass is 19.1. The molecule has 0 N–H and O–H groups in total. The van der Waals surface area contributed by atoms with Gasteiger partial charge in [-0.3, -0.25) is 9.59 Å². The van der Waals surface area contributed by atoms with Gasteiger partial charge in [-0.2, -0.15) is 0 Å². The van der Waals surface area contributed by atoms with E-state index in [1.165, 1.54) is 0 Å². The van der Waals surface area contributed by atoms with Crippen molar-refractivity contribution in [2.75, 3.05) is 4.90 Å². The van der Waals surface area contributed by atoms with E-state index in [9.17, 15) is 14.0 Å². The maximum atomic E-state index is 15.0. The molecule has 0 unspecified atom stereocenters. The summed E-state index contributed by atoms with van der Waals surface area (Å²) >= 11 is 0. The van der Waals surface area contributed by atoms with Crippen LogP contribution >= 0.6 is 0 Å². The van der Waals surface area contributed by atoms with Crippen molar-refractivity contribution in [3.63, 3.8) is 0 Å². The minimum absolute atomic E-state index is 0.124. The van der Waals surface area contributed by atoms with Crippen molar-refractivity contribution in [3.8, 4) is 11.1 Å². The molecule has 0 saturated carbocycles. The van der Waals surface area contributed by atoms with Crippen molar-refractivity contribution in [1.82, 2.24) is 0 Å². The van der Waals surface area contributed by atoms with Crippen LogP contribution in [0.15, 0.2) is 66.7 Å². The van der Waals surface area contributed by atoms with E-state index in [2.05, 4.69) is 0 Å². The van der Waals surface area contributed by atoms with Crippen LogP contribution < -0.4 is 4.90 Å². The Morgan fingerprint density at radius 1 is 0.710 bits per heavy atom. The molecule has 3 nitrogen and oxygen atoms in total. The molecular formula is C27H20FNO2. The monoisotopic (exact) mass is 409 g/mol. The van der Waals surface area contributed by atoms with Crippen molar-refractivity contribution in [1.29, 1.82) is 0 Å². The normalized spacial score (nSPS) is 13.2. The lowest BCUT2D eigenvalue weighted by molar-refractivity contribution is 0.0925. The first kappa shape index (κ1) is 19.2. The number of hydrogen-bond acceptors (Lipinski definition) is 2. The highest BCUT2D eigenvalue weighted by molar-refractivity contribution is 6.35. The van der Waals surface area contributed by atoms with Crippen LogP contribution in [-0.4, -0.2) is 11.8 Å². The Bertz CT molecular complexity index is 1370. The molecule has 2 amide bonds. The molecule has 4 heteroatoms. The zero-order valence-corrected chi connectivity index (χ0v) is 17.5. The molecule has 0 fully saturated rings. The molecule has 0 bridgehead atoms. The Morgan fingerprint density at radius 3 is 2.19 bits per heavy atom. The average molecular weight is 409 g/mol. The van der Waals surface area contributed by atoms with Crippen LogP contribution in [0.1, 0.15) is 37.4 Å². The summed E-state index contributed by atoms with van der Waals surface area (Å²) in [7, 11) is 0. The van der Waals surface area contributed by atoms with Gasteiger partial charge < -0.3 is 0 Å². The van der Waals surface area contributed by atoms with Crippen molar-refractivity contribution in [2.24, 2.45) is 0 Å². The first-order valence-electron chi connectivity index (χ1n) is 10.2. The summed E-state index contributed by atoms with van der Waals surface area (Å²) in [6.45, 7) is 5.18. The molecule has 0 aliphatic carbocycles. The summed E-state index contributed by atoms with van der Waals surface area (Å²) in [5.74, 6) is -1.70. The first-order chi connectivity index (χ1) is 14.9. The summed E-state index contributed by atoms with van der Waals surface area (Å²) in [4.78, 5) is 27.5. The number of imide groups is 1. The van der Waals surface area contributed by atoms with Gasteiger partial charge in [-0.25, -0.2) is 9.29 Å². The van der Waals surface area contributed by atoms with Gasteiger partial charge in [-0.1, -0.05) is 54.6 Å². The van der Waals surface area contributed by atoms with Crippen LogP contribution in [-0.2, 0) is 0 Å². The number of rotatable bonds is 2. The van der Waals surface area contributed by atoms with Gasteiger partial charge in [0.2, 0.25) is 0 Å². The smallest absolute Gasteiger partial charge is 0.268 e. The number of carbonyl (C=O) groups is 2. The van der Waals surface area contributed by atoms with Crippen LogP contribution in [0.25, 0.3) is 21.9 Å². The van der Waals surface area contributed by atoms with E-state index < -0.39 is 17.6 Å². The Hall–Kier alpha value is -3.79. The number of halogens is 1. The van der Waals surface area contributed by atoms with E-state index in [4.69, 9.17) is 0 Å². The lowest BCUT2D eigenvalue weighted by Crippen LogP contribution is -2.29. The molecular weight excluding hydrogens is 389 g/mol. The molecule has 0 aromatic heterocycles. The zero-order chi connectivity index (χ0) is 21.9. The molecule has 152 valence electrons. The van der Waals surface area contributed by atoms with Crippen LogP contribution in [0.3, 0.4) is 0 Å². The fraction of sp³-hybridized carbons (Fsp3) is 0.111. The molecule has 0 radical (unpaired) electrons. The van der Waals surface area contributed by atoms with E-state index in [1.54, 1.807) is 26.8 Å². The summed E-state index contributed by atoms with van der Waals surface area (Å²) in [5.41, 5.74) is 4.13. The number of benzene rings is 4. The third-order valence-electron chi connectivity index (χ3n) is 6.34. The minimum Gasteiger partial charge on any atom is -0.268 e. The molecule has 5 rings (SSSR count). The van der Waals surface area contributed by atoms with Gasteiger partial charge in [0.15, 0.2) is 0 Å². The quantitative estimate of drug-likeness (QED) is 0.361. The maximum absolute atomic E-state index is 15.0. The van der Waals surface area contributed by atoms with Gasteiger partial charge in [-0.05, 0) is 71.5 Å². The fourth-order valence-electron chi connectivity index (χ4n) is 4.43. The molecule has 4 aromatic carbocycles. The van der Waals surface area contributed by atoms with Crippen LogP contribution in [0.2, 0.25) is 0 Å². The van der Waals surface area contributed by atoms with Gasteiger partial charge in [-0.15, -0.1) is 0 Å². The number of amides is 2. The van der Waals surface area contributed by atoms with E-state index in [0.717, 1.165) is 26.8 Å². The van der Waals surface area contributed by atoms with Crippen molar-refractivity contribution >= 4 is 28.3 Å². The third-order valence-corrected chi connectivity index (χ3v) is 6.34. The topological polar surface area (TPSA) is 37.4 Å². The number of anilines is 1. The summed E-state index contributed by atoms with van der Waals surface area (Å²) in [6.07, 6.45) is 0. The molecule has 0 atom stereocenters. The van der Waals surface area contributed by atoms with E-state index in [-0.39, 0.29) is 11.1 Å². The van der Waals surface area contributed by atoms with Crippen molar-refractivity contribution in [3.05, 3.63) is 100 Å². The molecule has 4 aromatic rings. The second-order valence-corrected chi connectivity index (χ2v) is 7.96. The highest BCUT2D eigenvalue weighted by Gasteiger charge is 2.41. The van der Waals surface area contributed by atoms with Crippen LogP contribution in [0, 0.1) is 26.6 Å². The third kappa shape index (κ3) is 2.72. The fourth-order valence-corrected chi connectivity index (χ4v) is 4.43. The summed E-state index contributed by atoms with van der Waals surface area (Å²) in [5, 5.41) is 2.19. The van der Waals surface area contributed by atoms with Gasteiger partial charge in [0, 0.05) is 0 Å². The molecule has 1 aliphatic rings. The first-order valence-corrected chi connectivity index (χ1v) is 10.2. The van der Waals surface area contributed by atoms with Crippen LogP contribution in [0.5, 0.6) is 0 Å². The molecule has 31 heavy (non-hydrogen) atoms. The molecule has 1 aliphatic heterocycles. The summed E-state index contributed by atoms with van der Waals surface area (Å²) < 4.78 is 15.0. The second kappa shape index (κ2) is 6.88. The molecule has 0 saturated heterocycles. The van der Waals surface area contributed by atoms with E-state index in [1.807, 2.05) is 60.7 Å². The average Bonchev–Trinajstić information content (AvgIpc) is 3.06. The van der Waals surface area contributed by atoms with Gasteiger partial charge in [0.05, 0.1) is 16.8 Å². The van der Waals surface area contributed by atoms with E-state index >= 15 is 0 Å². The lowest BCUT2D eigenvalue weighted by atomic mass is 9.94. The zero-order valence-electron chi connectivity index (χ0n) is 17.5. The summed E-state index contributed by atoms with van der Waals surface area (Å²) in [6, 6.07) is 21.4. The van der Waals surface area contributed by atoms with Crippen molar-refractivity contribution in [2.45, 2.75) is 20.8 Å². The SMILES string of the molecule is Cc1c(C)c(F)c2c(c1C)C(=O)N(c1cccc(-c3cccc4ccccc34)c1)C2=O. The van der Waals surface area contributed by atoms with Crippen LogP contribution in [0.4, 0.5) is 10.1 Å². The number of nitrogens with zero attached hydrogens (tertiary/aromatic N) is 1.